The summed E-state index contributed by atoms with van der Waals surface area (Å²) in [6.45, 7) is 0. The first-order valence-electron chi connectivity index (χ1n) is 7.95. The monoisotopic (exact) mass is 350 g/mol. The maximum atomic E-state index is 12.7. The molecule has 0 bridgehead atoms. The molecule has 7 heteroatoms. The second-order valence-electron chi connectivity index (χ2n) is 5.58. The van der Waals surface area contributed by atoms with E-state index < -0.39 is 11.8 Å². The highest BCUT2D eigenvalue weighted by Gasteiger charge is 2.19. The third-order valence-corrected chi connectivity index (χ3v) is 3.77. The Kier molecular flexibility index (Phi) is 4.98. The van der Waals surface area contributed by atoms with E-state index in [-0.39, 0.29) is 12.1 Å². The van der Waals surface area contributed by atoms with Crippen LogP contribution >= 0.6 is 0 Å². The van der Waals surface area contributed by atoms with Crippen LogP contribution in [-0.2, 0) is 11.2 Å². The Morgan fingerprint density at radius 2 is 1.81 bits per heavy atom. The fourth-order valence-corrected chi connectivity index (χ4v) is 2.54. The number of nitrogens with two attached hydrogens (primary N) is 1. The molecule has 0 aliphatic carbocycles. The predicted octanol–water partition coefficient (Wildman–Crippen LogP) is 2.16. The van der Waals surface area contributed by atoms with Gasteiger partial charge in [0.05, 0.1) is 25.4 Å². The zero-order valence-electron chi connectivity index (χ0n) is 14.2. The van der Waals surface area contributed by atoms with E-state index in [1.54, 1.807) is 35.1 Å². The molecule has 0 saturated carbocycles. The zero-order valence-corrected chi connectivity index (χ0v) is 14.2. The Balaban J connectivity index is 1.89. The van der Waals surface area contributed by atoms with Crippen LogP contribution < -0.4 is 15.8 Å². The van der Waals surface area contributed by atoms with Gasteiger partial charge in [0.2, 0.25) is 5.91 Å². The molecular weight excluding hydrogens is 332 g/mol. The topological polar surface area (TPSA) is 99.2 Å². The summed E-state index contributed by atoms with van der Waals surface area (Å²) in [6, 6.07) is 16.4. The van der Waals surface area contributed by atoms with Crippen molar-refractivity contribution in [1.82, 2.24) is 9.78 Å². The highest BCUT2D eigenvalue weighted by molar-refractivity contribution is 6.05. The first-order chi connectivity index (χ1) is 12.6. The molecule has 3 N–H and O–H groups in total. The number of methoxy groups -OCH3 is 1. The number of hydrogen-bond donors (Lipinski definition) is 2. The fraction of sp³-hybridized carbons (Fsp3) is 0.105. The van der Waals surface area contributed by atoms with Crippen molar-refractivity contribution in [1.29, 1.82) is 0 Å². The molecule has 0 saturated heterocycles. The number of para-hydroxylation sites is 2. The Hall–Kier alpha value is -3.61. The molecule has 7 nitrogen and oxygen atoms in total. The van der Waals surface area contributed by atoms with Crippen molar-refractivity contribution in [2.45, 2.75) is 6.42 Å². The normalized spacial score (nSPS) is 10.3. The van der Waals surface area contributed by atoms with E-state index in [4.69, 9.17) is 10.5 Å². The first-order valence-corrected chi connectivity index (χ1v) is 7.95. The van der Waals surface area contributed by atoms with Crippen LogP contribution in [0.1, 0.15) is 16.1 Å². The minimum absolute atomic E-state index is 0.0338. The molecule has 1 aromatic heterocycles. The van der Waals surface area contributed by atoms with Gasteiger partial charge in [-0.3, -0.25) is 9.59 Å². The van der Waals surface area contributed by atoms with Gasteiger partial charge in [-0.05, 0) is 23.8 Å². The molecule has 3 rings (SSSR count). The molecule has 0 spiro atoms. The molecule has 3 aromatic rings. The molecule has 0 fully saturated rings. The van der Waals surface area contributed by atoms with Crippen LogP contribution in [0.15, 0.2) is 60.8 Å². The van der Waals surface area contributed by atoms with Gasteiger partial charge in [0.15, 0.2) is 11.4 Å². The third-order valence-electron chi connectivity index (χ3n) is 3.77. The highest BCUT2D eigenvalue weighted by atomic mass is 16.5. The van der Waals surface area contributed by atoms with E-state index in [0.29, 0.717) is 17.0 Å². The number of benzene rings is 2. The molecule has 0 radical (unpaired) electrons. The lowest BCUT2D eigenvalue weighted by molar-refractivity contribution is -0.117. The molecule has 0 aliphatic rings. The molecule has 1 heterocycles. The van der Waals surface area contributed by atoms with Crippen molar-refractivity contribution in [2.24, 2.45) is 5.73 Å². The van der Waals surface area contributed by atoms with Crippen molar-refractivity contribution in [3.8, 4) is 11.4 Å². The van der Waals surface area contributed by atoms with E-state index in [1.807, 2.05) is 30.3 Å². The number of nitrogens with one attached hydrogen (secondary N) is 1. The highest BCUT2D eigenvalue weighted by Crippen LogP contribution is 2.22. The second kappa shape index (κ2) is 7.52. The summed E-state index contributed by atoms with van der Waals surface area (Å²) in [7, 11) is 1.48. The maximum absolute atomic E-state index is 12.7. The number of hydrogen-bond acceptors (Lipinski definition) is 4. The number of primary amides is 1. The van der Waals surface area contributed by atoms with Crippen LogP contribution in [0.2, 0.25) is 0 Å². The summed E-state index contributed by atoms with van der Waals surface area (Å²) in [5.41, 5.74) is 7.35. The number of ether oxygens (including phenoxy) is 1. The fourth-order valence-electron chi connectivity index (χ4n) is 2.54. The van der Waals surface area contributed by atoms with Gasteiger partial charge in [-0.1, -0.05) is 36.4 Å². The summed E-state index contributed by atoms with van der Waals surface area (Å²) < 4.78 is 6.86. The van der Waals surface area contributed by atoms with Crippen LogP contribution in [0.3, 0.4) is 0 Å². The van der Waals surface area contributed by atoms with Crippen molar-refractivity contribution in [2.75, 3.05) is 12.4 Å². The summed E-state index contributed by atoms with van der Waals surface area (Å²) in [5.74, 6) is -0.565. The maximum Gasteiger partial charge on any atom is 0.280 e. The molecule has 132 valence electrons. The van der Waals surface area contributed by atoms with Gasteiger partial charge in [-0.25, -0.2) is 4.68 Å². The number of amides is 2. The first kappa shape index (κ1) is 17.2. The van der Waals surface area contributed by atoms with Crippen LogP contribution in [0.4, 0.5) is 5.69 Å². The second-order valence-corrected chi connectivity index (χ2v) is 5.58. The van der Waals surface area contributed by atoms with Gasteiger partial charge >= 0.3 is 0 Å². The van der Waals surface area contributed by atoms with E-state index in [1.165, 1.54) is 7.11 Å². The summed E-state index contributed by atoms with van der Waals surface area (Å²) in [6.07, 6.45) is 1.67. The Morgan fingerprint density at radius 3 is 2.50 bits per heavy atom. The van der Waals surface area contributed by atoms with Crippen LogP contribution in [0, 0.1) is 0 Å². The molecule has 0 atom stereocenters. The van der Waals surface area contributed by atoms with Gasteiger partial charge in [0.25, 0.3) is 5.91 Å². The van der Waals surface area contributed by atoms with Crippen molar-refractivity contribution < 1.29 is 14.3 Å². The molecule has 2 aromatic carbocycles. The molecule has 26 heavy (non-hydrogen) atoms. The zero-order chi connectivity index (χ0) is 18.5. The minimum Gasteiger partial charge on any atom is -0.493 e. The van der Waals surface area contributed by atoms with Crippen LogP contribution in [-0.4, -0.2) is 28.7 Å². The largest absolute Gasteiger partial charge is 0.493 e. The number of aromatic nitrogens is 2. The molecule has 0 unspecified atom stereocenters. The SMILES string of the molecule is COc1cn(-c2ccccc2)nc1C(=O)Nc1ccccc1CC(N)=O. The van der Waals surface area contributed by atoms with Gasteiger partial charge < -0.3 is 15.8 Å². The lowest BCUT2D eigenvalue weighted by Crippen LogP contribution is -2.18. The Morgan fingerprint density at radius 1 is 1.12 bits per heavy atom. The molecule has 0 aliphatic heterocycles. The quantitative estimate of drug-likeness (QED) is 0.711. The van der Waals surface area contributed by atoms with Gasteiger partial charge in [-0.15, -0.1) is 0 Å². The van der Waals surface area contributed by atoms with Gasteiger partial charge in [-0.2, -0.15) is 5.10 Å². The average Bonchev–Trinajstić information content (AvgIpc) is 3.08. The van der Waals surface area contributed by atoms with Crippen molar-refractivity contribution in [3.05, 3.63) is 72.1 Å². The van der Waals surface area contributed by atoms with Gasteiger partial charge in [0.1, 0.15) is 0 Å². The number of rotatable bonds is 6. The number of carbonyl (C=O) groups excluding carboxylic acids is 2. The lowest BCUT2D eigenvalue weighted by Gasteiger charge is -2.09. The minimum atomic E-state index is -0.474. The number of carbonyl (C=O) groups is 2. The third kappa shape index (κ3) is 3.72. The predicted molar refractivity (Wildman–Crippen MR) is 97.4 cm³/mol. The summed E-state index contributed by atoms with van der Waals surface area (Å²) in [5, 5.41) is 7.10. The van der Waals surface area contributed by atoms with Crippen LogP contribution in [0.5, 0.6) is 5.75 Å². The standard InChI is InChI=1S/C19H18N4O3/c1-26-16-12-23(14-8-3-2-4-9-14)22-18(16)19(25)21-15-10-6-5-7-13(15)11-17(20)24/h2-10,12H,11H2,1H3,(H2,20,24)(H,21,25). The average molecular weight is 350 g/mol. The van der Waals surface area contributed by atoms with E-state index in [9.17, 15) is 9.59 Å². The van der Waals surface area contributed by atoms with Crippen molar-refractivity contribution in [3.63, 3.8) is 0 Å². The van der Waals surface area contributed by atoms with E-state index in [2.05, 4.69) is 10.4 Å². The summed E-state index contributed by atoms with van der Waals surface area (Å²) >= 11 is 0. The summed E-state index contributed by atoms with van der Waals surface area (Å²) in [4.78, 5) is 23.9. The van der Waals surface area contributed by atoms with E-state index >= 15 is 0 Å². The molecule has 2 amide bonds. The molecular formula is C19H18N4O3. The lowest BCUT2D eigenvalue weighted by atomic mass is 10.1. The van der Waals surface area contributed by atoms with E-state index in [0.717, 1.165) is 5.69 Å². The van der Waals surface area contributed by atoms with Gasteiger partial charge in [0, 0.05) is 5.69 Å². The number of anilines is 1. The Bertz CT molecular complexity index is 935. The van der Waals surface area contributed by atoms with Crippen LogP contribution in [0.25, 0.3) is 5.69 Å². The smallest absolute Gasteiger partial charge is 0.280 e. The van der Waals surface area contributed by atoms with Crippen molar-refractivity contribution >= 4 is 17.5 Å². The number of nitrogens with zero attached hydrogens (tertiary/aromatic N) is 2. The Labute approximate surface area is 150 Å².